The molecule has 4 bridgehead atoms. The highest BCUT2D eigenvalue weighted by molar-refractivity contribution is 9.10. The number of anilines is 1. The van der Waals surface area contributed by atoms with Gasteiger partial charge >= 0.3 is 5.97 Å². The molecule has 4 aliphatic rings. The molecule has 0 aromatic carbocycles. The van der Waals surface area contributed by atoms with Crippen LogP contribution in [0, 0.1) is 17.3 Å². The fraction of sp³-hybridized carbons (Fsp3) is 0.650. The lowest BCUT2D eigenvalue weighted by Crippen LogP contribution is -2.53. The zero-order valence-corrected chi connectivity index (χ0v) is 18.7. The fourth-order valence-electron chi connectivity index (χ4n) is 5.87. The predicted molar refractivity (Wildman–Crippen MR) is 112 cm³/mol. The summed E-state index contributed by atoms with van der Waals surface area (Å²) >= 11 is 15.8. The van der Waals surface area contributed by atoms with Crippen LogP contribution >= 0.6 is 39.1 Å². The smallest absolute Gasteiger partial charge is 0.307 e. The van der Waals surface area contributed by atoms with Crippen molar-refractivity contribution >= 4 is 56.8 Å². The van der Waals surface area contributed by atoms with Crippen molar-refractivity contribution in [2.24, 2.45) is 17.3 Å². The molecular weight excluding hydrogens is 467 g/mol. The molecule has 5 nitrogen and oxygen atoms in total. The van der Waals surface area contributed by atoms with Gasteiger partial charge in [-0.25, -0.2) is 4.98 Å². The third-order valence-corrected chi connectivity index (χ3v) is 7.78. The van der Waals surface area contributed by atoms with Gasteiger partial charge in [-0.2, -0.15) is 0 Å². The molecule has 0 aliphatic heterocycles. The zero-order chi connectivity index (χ0) is 20.1. The van der Waals surface area contributed by atoms with Gasteiger partial charge in [-0.15, -0.1) is 0 Å². The van der Waals surface area contributed by atoms with E-state index in [-0.39, 0.29) is 26.5 Å². The number of hydrogen-bond donors (Lipinski definition) is 1. The van der Waals surface area contributed by atoms with Gasteiger partial charge in [0.05, 0.1) is 16.5 Å². The normalized spacial score (nSPS) is 34.1. The maximum atomic E-state index is 12.6. The van der Waals surface area contributed by atoms with Crippen LogP contribution in [-0.4, -0.2) is 27.3 Å². The van der Waals surface area contributed by atoms with Crippen molar-refractivity contribution in [3.63, 3.8) is 0 Å². The number of alkyl halides is 1. The molecule has 4 fully saturated rings. The van der Waals surface area contributed by atoms with E-state index in [0.717, 1.165) is 19.3 Å². The van der Waals surface area contributed by atoms with Gasteiger partial charge in [0.25, 0.3) is 5.91 Å². The molecule has 28 heavy (non-hydrogen) atoms. The number of ether oxygens (including phenoxy) is 1. The maximum Gasteiger partial charge on any atom is 0.307 e. The molecule has 1 amide bonds. The Morgan fingerprint density at radius 1 is 1.32 bits per heavy atom. The molecule has 1 N–H and O–H groups in total. The predicted octanol–water partition coefficient (Wildman–Crippen LogP) is 5.38. The number of esters is 1. The highest BCUT2D eigenvalue weighted by Gasteiger charge is 2.57. The Bertz CT molecular complexity index is 805. The first-order chi connectivity index (χ1) is 13.2. The topological polar surface area (TPSA) is 68.3 Å². The number of amides is 1. The number of nitrogens with zero attached hydrogens (tertiary/aromatic N) is 1. The summed E-state index contributed by atoms with van der Waals surface area (Å²) in [6.07, 6.45) is 7.78. The summed E-state index contributed by atoms with van der Waals surface area (Å²) in [4.78, 5) is 29.0. The molecule has 0 radical (unpaired) electrons. The average molecular weight is 490 g/mol. The summed E-state index contributed by atoms with van der Waals surface area (Å²) in [5, 5.41) is 3.19. The van der Waals surface area contributed by atoms with E-state index in [4.69, 9.17) is 27.9 Å². The first kappa shape index (κ1) is 20.4. The summed E-state index contributed by atoms with van der Waals surface area (Å²) in [7, 11) is 0. The Morgan fingerprint density at radius 2 is 2.00 bits per heavy atom. The van der Waals surface area contributed by atoms with Gasteiger partial charge < -0.3 is 10.1 Å². The van der Waals surface area contributed by atoms with E-state index >= 15 is 0 Å². The second-order valence-electron chi connectivity index (χ2n) is 8.89. The van der Waals surface area contributed by atoms with E-state index in [1.54, 1.807) is 6.92 Å². The Kier molecular flexibility index (Phi) is 5.43. The number of halogens is 3. The number of pyridine rings is 1. The quantitative estimate of drug-likeness (QED) is 0.445. The largest absolute Gasteiger partial charge is 0.453 e. The van der Waals surface area contributed by atoms with Gasteiger partial charge in [-0.05, 0) is 68.8 Å². The monoisotopic (exact) mass is 488 g/mol. The molecule has 4 aliphatic carbocycles. The lowest BCUT2D eigenvalue weighted by Gasteiger charge is -2.60. The summed E-state index contributed by atoms with van der Waals surface area (Å²) in [6, 6.07) is 1.49. The van der Waals surface area contributed by atoms with E-state index in [1.807, 2.05) is 0 Å². The van der Waals surface area contributed by atoms with Crippen LogP contribution in [0.3, 0.4) is 0 Å². The van der Waals surface area contributed by atoms with E-state index in [2.05, 4.69) is 26.2 Å². The zero-order valence-electron chi connectivity index (χ0n) is 15.6. The van der Waals surface area contributed by atoms with Crippen molar-refractivity contribution in [2.45, 2.75) is 62.3 Å². The Morgan fingerprint density at radius 3 is 2.61 bits per heavy atom. The minimum absolute atomic E-state index is 0.0158. The number of rotatable bonds is 5. The van der Waals surface area contributed by atoms with E-state index < -0.39 is 12.0 Å². The third kappa shape index (κ3) is 4.19. The summed E-state index contributed by atoms with van der Waals surface area (Å²) in [5.41, 5.74) is 0.0158. The van der Waals surface area contributed by atoms with Crippen molar-refractivity contribution in [3.05, 3.63) is 22.3 Å². The van der Waals surface area contributed by atoms with Crippen molar-refractivity contribution < 1.29 is 14.3 Å². The summed E-state index contributed by atoms with van der Waals surface area (Å²) in [5.74, 6) is 0.823. The van der Waals surface area contributed by atoms with Crippen LogP contribution < -0.4 is 5.32 Å². The molecular formula is C20H23BrCl2N2O3. The molecule has 152 valence electrons. The maximum absolute atomic E-state index is 12.6. The van der Waals surface area contributed by atoms with Gasteiger partial charge in [0.1, 0.15) is 0 Å². The number of aromatic nitrogens is 1. The van der Waals surface area contributed by atoms with Crippen molar-refractivity contribution in [1.29, 1.82) is 0 Å². The lowest BCUT2D eigenvalue weighted by atomic mass is 9.49. The minimum Gasteiger partial charge on any atom is -0.453 e. The number of hydrogen-bond acceptors (Lipinski definition) is 4. The first-order valence-corrected chi connectivity index (χ1v) is 11.2. The molecule has 0 unspecified atom stereocenters. The van der Waals surface area contributed by atoms with E-state index in [0.29, 0.717) is 23.3 Å². The van der Waals surface area contributed by atoms with E-state index in [9.17, 15) is 9.59 Å². The van der Waals surface area contributed by atoms with Crippen LogP contribution in [0.15, 0.2) is 12.3 Å². The average Bonchev–Trinajstić information content (AvgIpc) is 2.54. The van der Waals surface area contributed by atoms with Crippen LogP contribution in [0.4, 0.5) is 5.82 Å². The van der Waals surface area contributed by atoms with Crippen LogP contribution in [0.2, 0.25) is 10.0 Å². The standard InChI is InChI=1S/C20H23BrCl2N2O3/c1-11(18(27)25-17-15(23)3-14(22)9-24-17)28-16(26)8-19-4-12-2-13(5-19)7-20(21,6-12)10-19/h3,9,11-13H,2,4-8,10H2,1H3,(H,24,25,27)/t11-,12-,13-,19?,20?/m1/s1. The van der Waals surface area contributed by atoms with Gasteiger partial charge in [-0.1, -0.05) is 39.1 Å². The van der Waals surface area contributed by atoms with E-state index in [1.165, 1.54) is 31.5 Å². The van der Waals surface area contributed by atoms with Crippen molar-refractivity contribution in [1.82, 2.24) is 4.98 Å². The second-order valence-corrected chi connectivity index (χ2v) is 11.4. The van der Waals surface area contributed by atoms with Crippen molar-refractivity contribution in [3.8, 4) is 0 Å². The lowest BCUT2D eigenvalue weighted by molar-refractivity contribution is -0.159. The number of nitrogens with one attached hydrogen (secondary N) is 1. The molecule has 5 rings (SSSR count). The van der Waals surface area contributed by atoms with Crippen LogP contribution in [-0.2, 0) is 14.3 Å². The molecule has 1 aromatic heterocycles. The molecule has 4 saturated carbocycles. The number of carbonyl (C=O) groups excluding carboxylic acids is 2. The Balaban J connectivity index is 1.35. The highest BCUT2D eigenvalue weighted by atomic mass is 79.9. The fourth-order valence-corrected chi connectivity index (χ4v) is 7.80. The summed E-state index contributed by atoms with van der Waals surface area (Å²) in [6.45, 7) is 1.56. The van der Waals surface area contributed by atoms with Crippen molar-refractivity contribution in [2.75, 3.05) is 5.32 Å². The Hall–Kier alpha value is -0.850. The molecule has 0 saturated heterocycles. The third-order valence-electron chi connectivity index (χ3n) is 6.36. The van der Waals surface area contributed by atoms with Gasteiger partial charge in [0.2, 0.25) is 0 Å². The number of carbonyl (C=O) groups is 2. The van der Waals surface area contributed by atoms with Crippen LogP contribution in [0.1, 0.15) is 51.9 Å². The Labute approximate surface area is 183 Å². The van der Waals surface area contributed by atoms with Crippen LogP contribution in [0.25, 0.3) is 0 Å². The van der Waals surface area contributed by atoms with Gasteiger partial charge in [0, 0.05) is 10.5 Å². The van der Waals surface area contributed by atoms with Crippen LogP contribution in [0.5, 0.6) is 0 Å². The second kappa shape index (κ2) is 7.44. The molecule has 1 aromatic rings. The highest BCUT2D eigenvalue weighted by Crippen LogP contribution is 2.65. The molecule has 3 atom stereocenters. The van der Waals surface area contributed by atoms with Gasteiger partial charge in [0.15, 0.2) is 11.9 Å². The SMILES string of the molecule is C[C@@H](OC(=O)CC12C[C@H]3C[C@@H](CC(Br)(C3)C1)C2)C(=O)Nc1ncc(Cl)cc1Cl. The minimum atomic E-state index is -0.923. The first-order valence-electron chi connectivity index (χ1n) is 9.66. The summed E-state index contributed by atoms with van der Waals surface area (Å²) < 4.78 is 5.65. The molecule has 0 spiro atoms. The molecule has 1 heterocycles. The molecule has 8 heteroatoms. The van der Waals surface area contributed by atoms with Gasteiger partial charge in [-0.3, -0.25) is 9.59 Å².